The van der Waals surface area contributed by atoms with E-state index in [0.29, 0.717) is 35.3 Å². The first-order valence-electron chi connectivity index (χ1n) is 11.7. The Labute approximate surface area is 201 Å². The van der Waals surface area contributed by atoms with Crippen LogP contribution in [-0.4, -0.2) is 34.8 Å². The zero-order chi connectivity index (χ0) is 23.2. The molecule has 1 N–H and O–H groups in total. The van der Waals surface area contributed by atoms with Crippen LogP contribution in [0.1, 0.15) is 47.8 Å². The van der Waals surface area contributed by atoms with Gasteiger partial charge in [0.15, 0.2) is 11.5 Å². The molecule has 2 fully saturated rings. The molecule has 2 heterocycles. The smallest absolute Gasteiger partial charge is 0.255 e. The molecule has 7 heteroatoms. The number of hydrogen-bond acceptors (Lipinski definition) is 4. The molecule has 34 heavy (non-hydrogen) atoms. The Morgan fingerprint density at radius 3 is 2.44 bits per heavy atom. The molecule has 2 amide bonds. The summed E-state index contributed by atoms with van der Waals surface area (Å²) in [6, 6.07) is 17.2. The number of benzene rings is 3. The summed E-state index contributed by atoms with van der Waals surface area (Å²) >= 11 is 6.08. The summed E-state index contributed by atoms with van der Waals surface area (Å²) in [5.74, 6) is 0.864. The lowest BCUT2D eigenvalue weighted by molar-refractivity contribution is -0.117. The molecule has 1 saturated heterocycles. The molecule has 1 saturated carbocycles. The van der Waals surface area contributed by atoms with E-state index in [4.69, 9.17) is 16.0 Å². The zero-order valence-electron chi connectivity index (χ0n) is 18.6. The number of carbonyl (C=O) groups is 2. The number of nitrogens with one attached hydrogen (secondary N) is 1. The highest BCUT2D eigenvalue weighted by molar-refractivity contribution is 6.31. The summed E-state index contributed by atoms with van der Waals surface area (Å²) < 4.78 is 5.96. The van der Waals surface area contributed by atoms with Gasteiger partial charge in [-0.2, -0.15) is 0 Å². The minimum absolute atomic E-state index is 0.000831. The van der Waals surface area contributed by atoms with Crippen LogP contribution < -0.4 is 5.32 Å². The Morgan fingerprint density at radius 2 is 1.71 bits per heavy atom. The number of rotatable bonds is 4. The van der Waals surface area contributed by atoms with Crippen LogP contribution in [0, 0.1) is 5.92 Å². The summed E-state index contributed by atoms with van der Waals surface area (Å²) in [6.07, 6.45) is 3.36. The number of aromatic nitrogens is 1. The van der Waals surface area contributed by atoms with Crippen LogP contribution in [0.5, 0.6) is 0 Å². The van der Waals surface area contributed by atoms with Gasteiger partial charge < -0.3 is 14.6 Å². The molecular formula is C27H24ClN3O3. The number of piperidine rings is 1. The summed E-state index contributed by atoms with van der Waals surface area (Å²) in [6.45, 7) is 1.21. The largest absolute Gasteiger partial charge is 0.440 e. The van der Waals surface area contributed by atoms with E-state index in [1.807, 2.05) is 47.4 Å². The van der Waals surface area contributed by atoms with Crippen molar-refractivity contribution in [3.8, 4) is 0 Å². The summed E-state index contributed by atoms with van der Waals surface area (Å²) in [5.41, 5.74) is 2.62. The molecule has 2 aliphatic rings. The van der Waals surface area contributed by atoms with Crippen molar-refractivity contribution in [2.24, 2.45) is 5.92 Å². The van der Waals surface area contributed by atoms with Gasteiger partial charge in [0.1, 0.15) is 5.52 Å². The lowest BCUT2D eigenvalue weighted by atomic mass is 9.95. The van der Waals surface area contributed by atoms with Crippen molar-refractivity contribution in [2.45, 2.75) is 31.6 Å². The second-order valence-corrected chi connectivity index (χ2v) is 9.68. The number of hydrogen-bond donors (Lipinski definition) is 1. The molecule has 0 radical (unpaired) electrons. The summed E-state index contributed by atoms with van der Waals surface area (Å²) in [5, 5.41) is 5.63. The number of fused-ring (bicyclic) bond motifs is 2. The topological polar surface area (TPSA) is 75.4 Å². The molecule has 3 aromatic carbocycles. The number of likely N-dealkylation sites (tertiary alicyclic amines) is 1. The van der Waals surface area contributed by atoms with E-state index < -0.39 is 0 Å². The van der Waals surface area contributed by atoms with Crippen molar-refractivity contribution in [3.05, 3.63) is 71.1 Å². The highest BCUT2D eigenvalue weighted by atomic mass is 35.5. The van der Waals surface area contributed by atoms with E-state index in [1.54, 1.807) is 12.1 Å². The van der Waals surface area contributed by atoms with Gasteiger partial charge in [0.25, 0.3) is 5.91 Å². The quantitative estimate of drug-likeness (QED) is 0.394. The van der Waals surface area contributed by atoms with Gasteiger partial charge in [0, 0.05) is 29.9 Å². The fraction of sp³-hybridized carbons (Fsp3) is 0.296. The Balaban J connectivity index is 1.22. The van der Waals surface area contributed by atoms with Crippen LogP contribution in [0.15, 0.2) is 59.0 Å². The van der Waals surface area contributed by atoms with Crippen LogP contribution in [0.3, 0.4) is 0 Å². The van der Waals surface area contributed by atoms with E-state index in [0.717, 1.165) is 47.6 Å². The monoisotopic (exact) mass is 473 g/mol. The molecule has 6 rings (SSSR count). The van der Waals surface area contributed by atoms with E-state index in [9.17, 15) is 9.59 Å². The predicted molar refractivity (Wildman–Crippen MR) is 132 cm³/mol. The molecule has 172 valence electrons. The summed E-state index contributed by atoms with van der Waals surface area (Å²) in [4.78, 5) is 32.6. The molecule has 0 atom stereocenters. The molecule has 0 unspecified atom stereocenters. The first-order chi connectivity index (χ1) is 16.5. The van der Waals surface area contributed by atoms with Crippen molar-refractivity contribution < 1.29 is 14.0 Å². The lowest BCUT2D eigenvalue weighted by Gasteiger charge is -2.31. The van der Waals surface area contributed by atoms with Crippen molar-refractivity contribution in [3.63, 3.8) is 0 Å². The van der Waals surface area contributed by atoms with E-state index in [1.165, 1.54) is 0 Å². The Bertz CT molecular complexity index is 1420. The van der Waals surface area contributed by atoms with Gasteiger partial charge in [-0.05, 0) is 66.8 Å². The van der Waals surface area contributed by atoms with E-state index >= 15 is 0 Å². The van der Waals surface area contributed by atoms with Crippen LogP contribution in [0.25, 0.3) is 21.9 Å². The van der Waals surface area contributed by atoms with Crippen LogP contribution in [0.4, 0.5) is 5.69 Å². The standard InChI is InChI=1S/C27H24ClN3O3/c28-20-7-8-24-23(15-20)30-26(34-24)17-9-11-31(12-10-17)27(33)21-13-18-3-1-2-4-19(18)14-22(21)29-25(32)16-5-6-16/h1-4,7-8,13-17H,5-6,9-12H2,(H,29,32). The zero-order valence-corrected chi connectivity index (χ0v) is 19.3. The van der Waals surface area contributed by atoms with Gasteiger partial charge in [-0.1, -0.05) is 35.9 Å². The summed E-state index contributed by atoms with van der Waals surface area (Å²) in [7, 11) is 0. The average Bonchev–Trinajstić information content (AvgIpc) is 3.63. The van der Waals surface area contributed by atoms with Gasteiger partial charge in [0.05, 0.1) is 11.3 Å². The fourth-order valence-corrected chi connectivity index (χ4v) is 4.86. The normalized spacial score (nSPS) is 16.8. The van der Waals surface area contributed by atoms with Gasteiger partial charge >= 0.3 is 0 Å². The minimum Gasteiger partial charge on any atom is -0.440 e. The predicted octanol–water partition coefficient (Wildman–Crippen LogP) is 6.00. The van der Waals surface area contributed by atoms with Crippen molar-refractivity contribution >= 4 is 51.0 Å². The van der Waals surface area contributed by atoms with Crippen LogP contribution in [-0.2, 0) is 4.79 Å². The second kappa shape index (κ2) is 8.44. The third-order valence-corrected chi connectivity index (χ3v) is 7.05. The Kier molecular flexibility index (Phi) is 5.26. The number of carbonyl (C=O) groups excluding carboxylic acids is 2. The highest BCUT2D eigenvalue weighted by Crippen LogP contribution is 2.34. The molecule has 4 aromatic rings. The SMILES string of the molecule is O=C(Nc1cc2ccccc2cc1C(=O)N1CCC(c2nc3cc(Cl)ccc3o2)CC1)C1CC1. The van der Waals surface area contributed by atoms with Crippen LogP contribution >= 0.6 is 11.6 Å². The molecule has 1 aromatic heterocycles. The molecule has 1 aliphatic carbocycles. The van der Waals surface area contributed by atoms with Crippen molar-refractivity contribution in [1.29, 1.82) is 0 Å². The lowest BCUT2D eigenvalue weighted by Crippen LogP contribution is -2.38. The van der Waals surface area contributed by atoms with Crippen molar-refractivity contribution in [2.75, 3.05) is 18.4 Å². The highest BCUT2D eigenvalue weighted by Gasteiger charge is 2.32. The molecule has 0 spiro atoms. The van der Waals surface area contributed by atoms with Crippen LogP contribution in [0.2, 0.25) is 5.02 Å². The molecular weight excluding hydrogens is 450 g/mol. The van der Waals surface area contributed by atoms with E-state index in [-0.39, 0.29) is 23.7 Å². The maximum absolute atomic E-state index is 13.6. The average molecular weight is 474 g/mol. The second-order valence-electron chi connectivity index (χ2n) is 9.24. The van der Waals surface area contributed by atoms with Gasteiger partial charge in [-0.25, -0.2) is 4.98 Å². The van der Waals surface area contributed by atoms with E-state index in [2.05, 4.69) is 10.3 Å². The first-order valence-corrected chi connectivity index (χ1v) is 12.1. The third kappa shape index (κ3) is 4.03. The molecule has 6 nitrogen and oxygen atoms in total. The fourth-order valence-electron chi connectivity index (χ4n) is 4.69. The third-order valence-electron chi connectivity index (χ3n) is 6.82. The number of anilines is 1. The molecule has 0 bridgehead atoms. The Hall–Kier alpha value is -3.38. The number of oxazole rings is 1. The van der Waals surface area contributed by atoms with Crippen molar-refractivity contribution in [1.82, 2.24) is 9.88 Å². The first kappa shape index (κ1) is 21.2. The minimum atomic E-state index is -0.0559. The maximum atomic E-state index is 13.6. The number of halogens is 1. The molecule has 1 aliphatic heterocycles. The van der Waals surface area contributed by atoms with Gasteiger partial charge in [-0.3, -0.25) is 9.59 Å². The number of nitrogens with zero attached hydrogens (tertiary/aromatic N) is 2. The van der Waals surface area contributed by atoms with Gasteiger partial charge in [0.2, 0.25) is 5.91 Å². The maximum Gasteiger partial charge on any atom is 0.255 e. The van der Waals surface area contributed by atoms with Gasteiger partial charge in [-0.15, -0.1) is 0 Å². The Morgan fingerprint density at radius 1 is 0.971 bits per heavy atom. The number of amides is 2.